The predicted molar refractivity (Wildman–Crippen MR) is 92.7 cm³/mol. The van der Waals surface area contributed by atoms with E-state index in [1.807, 2.05) is 13.8 Å². The smallest absolute Gasteiger partial charge is 0.307 e. The minimum Gasteiger partial charge on any atom is -0.307 e. The average molecular weight is 346 g/mol. The molecule has 0 aliphatic rings. The van der Waals surface area contributed by atoms with Crippen LogP contribution in [-0.2, 0) is 24.4 Å². The van der Waals surface area contributed by atoms with Gasteiger partial charge in [-0.1, -0.05) is 13.8 Å². The van der Waals surface area contributed by atoms with Gasteiger partial charge >= 0.3 is 5.69 Å². The Bertz CT molecular complexity index is 1050. The van der Waals surface area contributed by atoms with E-state index in [-0.39, 0.29) is 11.8 Å². The molecule has 1 N–H and O–H groups in total. The number of aromatic amines is 1. The van der Waals surface area contributed by atoms with Gasteiger partial charge in [0, 0.05) is 29.0 Å². The Morgan fingerprint density at radius 3 is 2.67 bits per heavy atom. The molecule has 2 heterocycles. The molecule has 0 aliphatic carbocycles. The zero-order valence-corrected chi connectivity index (χ0v) is 14.5. The quantitative estimate of drug-likeness (QED) is 0.763. The minimum atomic E-state index is -1.20. The summed E-state index contributed by atoms with van der Waals surface area (Å²) in [6, 6.07) is 4.91. The number of rotatable bonds is 4. The van der Waals surface area contributed by atoms with Crippen LogP contribution in [0.25, 0.3) is 10.9 Å². The van der Waals surface area contributed by atoms with Crippen molar-refractivity contribution in [1.29, 1.82) is 0 Å². The maximum absolute atomic E-state index is 12.7. The number of aromatic nitrogens is 4. The Morgan fingerprint density at radius 1 is 1.29 bits per heavy atom. The first-order chi connectivity index (χ1) is 11.4. The van der Waals surface area contributed by atoms with Crippen molar-refractivity contribution in [2.75, 3.05) is 0 Å². The first-order valence-corrected chi connectivity index (χ1v) is 8.73. The molecule has 1 unspecified atom stereocenters. The van der Waals surface area contributed by atoms with Crippen LogP contribution >= 0.6 is 0 Å². The molecule has 3 aromatic rings. The van der Waals surface area contributed by atoms with Gasteiger partial charge < -0.3 is 4.98 Å². The summed E-state index contributed by atoms with van der Waals surface area (Å²) in [7, 11) is 0.569. The third-order valence-electron chi connectivity index (χ3n) is 3.71. The predicted octanol–water partition coefficient (Wildman–Crippen LogP) is 0.988. The molecule has 3 rings (SSSR count). The normalized spacial score (nSPS) is 12.8. The summed E-state index contributed by atoms with van der Waals surface area (Å²) in [5.41, 5.74) is 0.317. The summed E-state index contributed by atoms with van der Waals surface area (Å²) in [6.07, 6.45) is 3.36. The van der Waals surface area contributed by atoms with Crippen LogP contribution in [0.1, 0.15) is 19.4 Å². The van der Waals surface area contributed by atoms with Crippen LogP contribution in [0, 0.1) is 0 Å². The highest BCUT2D eigenvalue weighted by Crippen LogP contribution is 2.15. The highest BCUT2D eigenvalue weighted by Gasteiger charge is 2.13. The first kappa shape index (κ1) is 16.4. The molecule has 0 radical (unpaired) electrons. The molecule has 8 heteroatoms. The fraction of sp³-hybridized carbons (Fsp3) is 0.312. The van der Waals surface area contributed by atoms with Crippen molar-refractivity contribution in [2.24, 2.45) is 7.05 Å². The molecule has 0 spiro atoms. The van der Waals surface area contributed by atoms with Crippen LogP contribution in [-0.4, -0.2) is 28.8 Å². The highest BCUT2D eigenvalue weighted by molar-refractivity contribution is 7.85. The fourth-order valence-corrected chi connectivity index (χ4v) is 3.49. The molecular formula is C16H18N4O3S. The van der Waals surface area contributed by atoms with E-state index in [1.54, 1.807) is 42.3 Å². The van der Waals surface area contributed by atoms with Crippen LogP contribution in [0.15, 0.2) is 45.1 Å². The Hall–Kier alpha value is -2.48. The summed E-state index contributed by atoms with van der Waals surface area (Å²) in [4.78, 5) is 28.2. The number of H-pyrrole nitrogens is 1. The van der Waals surface area contributed by atoms with Gasteiger partial charge in [-0.05, 0) is 18.2 Å². The second-order valence-corrected chi connectivity index (χ2v) is 7.91. The van der Waals surface area contributed by atoms with E-state index in [0.717, 1.165) is 10.1 Å². The van der Waals surface area contributed by atoms with Crippen molar-refractivity contribution in [3.05, 3.63) is 57.0 Å². The summed E-state index contributed by atoms with van der Waals surface area (Å²) < 4.78 is 15.0. The molecular weight excluding hydrogens is 328 g/mol. The summed E-state index contributed by atoms with van der Waals surface area (Å²) >= 11 is 0. The monoisotopic (exact) mass is 346 g/mol. The van der Waals surface area contributed by atoms with E-state index in [0.29, 0.717) is 15.8 Å². The fourth-order valence-electron chi connectivity index (χ4n) is 2.51. The Morgan fingerprint density at radius 2 is 2.04 bits per heavy atom. The molecule has 126 valence electrons. The third kappa shape index (κ3) is 2.96. The van der Waals surface area contributed by atoms with E-state index in [2.05, 4.69) is 10.1 Å². The molecule has 0 saturated carbocycles. The molecule has 0 bridgehead atoms. The van der Waals surface area contributed by atoms with Crippen LogP contribution in [0.4, 0.5) is 0 Å². The average Bonchev–Trinajstić information content (AvgIpc) is 2.95. The molecule has 2 aromatic heterocycles. The molecule has 0 aliphatic heterocycles. The van der Waals surface area contributed by atoms with Crippen LogP contribution in [0.3, 0.4) is 0 Å². The number of benzene rings is 1. The summed E-state index contributed by atoms with van der Waals surface area (Å²) in [5, 5.41) is 4.34. The van der Waals surface area contributed by atoms with Gasteiger partial charge in [0.05, 0.1) is 34.4 Å². The van der Waals surface area contributed by atoms with Crippen molar-refractivity contribution in [2.45, 2.75) is 30.5 Å². The number of hydrogen-bond donors (Lipinski definition) is 1. The molecule has 7 nitrogen and oxygen atoms in total. The lowest BCUT2D eigenvalue weighted by atomic mass is 10.2. The third-order valence-corrected chi connectivity index (χ3v) is 5.29. The Kier molecular flexibility index (Phi) is 4.23. The van der Waals surface area contributed by atoms with E-state index >= 15 is 0 Å². The van der Waals surface area contributed by atoms with Gasteiger partial charge in [-0.3, -0.25) is 18.3 Å². The Labute approximate surface area is 140 Å². The summed E-state index contributed by atoms with van der Waals surface area (Å²) in [5.74, 6) is 0. The van der Waals surface area contributed by atoms with Crippen molar-refractivity contribution in [1.82, 2.24) is 19.3 Å². The molecule has 1 atom stereocenters. The number of hydrogen-bond acceptors (Lipinski definition) is 4. The minimum absolute atomic E-state index is 0.0529. The van der Waals surface area contributed by atoms with E-state index in [4.69, 9.17) is 0 Å². The number of nitrogens with zero attached hydrogens (tertiary/aromatic N) is 3. The first-order valence-electron chi connectivity index (χ1n) is 7.52. The lowest BCUT2D eigenvalue weighted by molar-refractivity contribution is 0.676. The van der Waals surface area contributed by atoms with E-state index in [1.165, 1.54) is 0 Å². The Balaban J connectivity index is 2.15. The van der Waals surface area contributed by atoms with Gasteiger partial charge in [0.15, 0.2) is 0 Å². The van der Waals surface area contributed by atoms with Crippen molar-refractivity contribution >= 4 is 21.7 Å². The van der Waals surface area contributed by atoms with Gasteiger partial charge in [0.1, 0.15) is 0 Å². The molecule has 1 aromatic carbocycles. The van der Waals surface area contributed by atoms with Crippen molar-refractivity contribution in [3.8, 4) is 0 Å². The highest BCUT2D eigenvalue weighted by atomic mass is 32.2. The molecule has 0 amide bonds. The van der Waals surface area contributed by atoms with Crippen molar-refractivity contribution < 1.29 is 4.21 Å². The maximum atomic E-state index is 12.7. The lowest BCUT2D eigenvalue weighted by Gasteiger charge is -2.08. The largest absolute Gasteiger partial charge is 0.329 e. The zero-order valence-electron chi connectivity index (χ0n) is 13.6. The van der Waals surface area contributed by atoms with Gasteiger partial charge in [-0.2, -0.15) is 5.10 Å². The molecule has 0 saturated heterocycles. The second-order valence-electron chi connectivity index (χ2n) is 5.90. The number of fused-ring (bicyclic) bond motifs is 1. The van der Waals surface area contributed by atoms with E-state index in [9.17, 15) is 13.8 Å². The van der Waals surface area contributed by atoms with Gasteiger partial charge in [0.2, 0.25) is 0 Å². The van der Waals surface area contributed by atoms with Crippen LogP contribution < -0.4 is 11.2 Å². The SMILES string of the molecule is CC(C)S(=O)c1ccc2[nH]c(=O)n(Cc3cnn(C)c3)c(=O)c2c1. The standard InChI is InChI=1S/C16H18N4O3S/c1-10(2)24(23)12-4-5-14-13(6-12)15(21)20(16(22)18-14)9-11-7-17-19(3)8-11/h4-8,10H,9H2,1-3H3,(H,18,22). The topological polar surface area (TPSA) is 89.8 Å². The lowest BCUT2D eigenvalue weighted by Crippen LogP contribution is -2.35. The van der Waals surface area contributed by atoms with Gasteiger partial charge in [0.25, 0.3) is 5.56 Å². The second kappa shape index (κ2) is 6.20. The maximum Gasteiger partial charge on any atom is 0.329 e. The molecule has 0 fully saturated rings. The zero-order chi connectivity index (χ0) is 17.4. The van der Waals surface area contributed by atoms with Crippen LogP contribution in [0.5, 0.6) is 0 Å². The van der Waals surface area contributed by atoms with Gasteiger partial charge in [-0.25, -0.2) is 4.79 Å². The van der Waals surface area contributed by atoms with Gasteiger partial charge in [-0.15, -0.1) is 0 Å². The van der Waals surface area contributed by atoms with E-state index < -0.39 is 22.0 Å². The number of nitrogens with one attached hydrogen (secondary N) is 1. The number of aryl methyl sites for hydroxylation is 1. The van der Waals surface area contributed by atoms with Crippen molar-refractivity contribution in [3.63, 3.8) is 0 Å². The molecule has 24 heavy (non-hydrogen) atoms. The summed E-state index contributed by atoms with van der Waals surface area (Å²) in [6.45, 7) is 3.84. The van der Waals surface area contributed by atoms with Crippen LogP contribution in [0.2, 0.25) is 0 Å².